The van der Waals surface area contributed by atoms with Crippen LogP contribution >= 0.6 is 0 Å². The van der Waals surface area contributed by atoms with Crippen LogP contribution in [0.1, 0.15) is 39.3 Å². The van der Waals surface area contributed by atoms with Crippen molar-refractivity contribution >= 4 is 35.2 Å². The Labute approximate surface area is 170 Å². The third-order valence-corrected chi connectivity index (χ3v) is 4.94. The first kappa shape index (κ1) is 19.3. The highest BCUT2D eigenvalue weighted by Gasteiger charge is 2.45. The molecule has 1 unspecified atom stereocenters. The SMILES string of the molecule is NC(=O)Cn1ccc(CNc2cccc3c2C(=O)N(C2CCC(=O)NC2=O)C3=O)n1. The van der Waals surface area contributed by atoms with Crippen molar-refractivity contribution in [2.75, 3.05) is 5.32 Å². The van der Waals surface area contributed by atoms with Crippen LogP contribution in [0.5, 0.6) is 0 Å². The number of carbonyl (C=O) groups excluding carboxylic acids is 5. The smallest absolute Gasteiger partial charge is 0.264 e. The number of carbonyl (C=O) groups is 5. The van der Waals surface area contributed by atoms with Crippen molar-refractivity contribution in [2.24, 2.45) is 5.73 Å². The molecule has 3 heterocycles. The predicted octanol–water partition coefficient (Wildman–Crippen LogP) is -0.618. The molecule has 2 aromatic rings. The molecule has 1 saturated heterocycles. The van der Waals surface area contributed by atoms with Crippen molar-refractivity contribution in [1.29, 1.82) is 0 Å². The number of piperidine rings is 1. The summed E-state index contributed by atoms with van der Waals surface area (Å²) >= 11 is 0. The van der Waals surface area contributed by atoms with Crippen LogP contribution in [0.25, 0.3) is 0 Å². The van der Waals surface area contributed by atoms with Crippen LogP contribution in [-0.2, 0) is 27.5 Å². The maximum atomic E-state index is 13.0. The average Bonchev–Trinajstić information content (AvgIpc) is 3.23. The molecule has 1 atom stereocenters. The molecule has 0 saturated carbocycles. The number of imide groups is 2. The van der Waals surface area contributed by atoms with Crippen molar-refractivity contribution in [3.05, 3.63) is 47.3 Å². The molecular weight excluding hydrogens is 392 g/mol. The average molecular weight is 410 g/mol. The highest BCUT2D eigenvalue weighted by molar-refractivity contribution is 6.25. The molecule has 2 aliphatic rings. The molecule has 1 aromatic heterocycles. The molecule has 5 amide bonds. The van der Waals surface area contributed by atoms with Gasteiger partial charge in [0.15, 0.2) is 0 Å². The minimum Gasteiger partial charge on any atom is -0.379 e. The van der Waals surface area contributed by atoms with Gasteiger partial charge in [-0.15, -0.1) is 0 Å². The van der Waals surface area contributed by atoms with E-state index in [1.54, 1.807) is 24.4 Å². The number of hydrogen-bond donors (Lipinski definition) is 3. The first-order valence-electron chi connectivity index (χ1n) is 9.24. The summed E-state index contributed by atoms with van der Waals surface area (Å²) in [5.74, 6) is -2.76. The molecule has 4 N–H and O–H groups in total. The molecule has 11 nitrogen and oxygen atoms in total. The second-order valence-electron chi connectivity index (χ2n) is 7.00. The van der Waals surface area contributed by atoms with E-state index in [-0.39, 0.29) is 37.1 Å². The number of fused-ring (bicyclic) bond motifs is 1. The summed E-state index contributed by atoms with van der Waals surface area (Å²) in [6, 6.07) is 5.48. The van der Waals surface area contributed by atoms with Crippen LogP contribution < -0.4 is 16.4 Å². The molecule has 11 heteroatoms. The Bertz CT molecular complexity index is 1090. The number of nitrogens with one attached hydrogen (secondary N) is 2. The fourth-order valence-electron chi connectivity index (χ4n) is 3.59. The van der Waals surface area contributed by atoms with E-state index in [2.05, 4.69) is 15.7 Å². The number of primary amides is 1. The molecule has 4 rings (SSSR count). The van der Waals surface area contributed by atoms with Gasteiger partial charge in [0.1, 0.15) is 12.6 Å². The molecule has 154 valence electrons. The van der Waals surface area contributed by atoms with Gasteiger partial charge in [-0.1, -0.05) is 6.07 Å². The number of rotatable bonds is 6. The van der Waals surface area contributed by atoms with Crippen molar-refractivity contribution < 1.29 is 24.0 Å². The van der Waals surface area contributed by atoms with Gasteiger partial charge in [-0.3, -0.25) is 38.9 Å². The second kappa shape index (κ2) is 7.43. The Morgan fingerprint density at radius 3 is 2.73 bits per heavy atom. The van der Waals surface area contributed by atoms with Gasteiger partial charge >= 0.3 is 0 Å². The Kier molecular flexibility index (Phi) is 4.78. The van der Waals surface area contributed by atoms with Gasteiger partial charge < -0.3 is 11.1 Å². The Morgan fingerprint density at radius 1 is 1.20 bits per heavy atom. The summed E-state index contributed by atoms with van der Waals surface area (Å²) in [5, 5.41) is 9.45. The lowest BCUT2D eigenvalue weighted by Gasteiger charge is -2.27. The summed E-state index contributed by atoms with van der Waals surface area (Å²) in [6.45, 7) is 0.191. The number of benzene rings is 1. The lowest BCUT2D eigenvalue weighted by Crippen LogP contribution is -2.54. The van der Waals surface area contributed by atoms with E-state index in [0.29, 0.717) is 11.4 Å². The highest BCUT2D eigenvalue weighted by Crippen LogP contribution is 2.32. The van der Waals surface area contributed by atoms with Crippen molar-refractivity contribution in [3.63, 3.8) is 0 Å². The Balaban J connectivity index is 1.54. The summed E-state index contributed by atoms with van der Waals surface area (Å²) in [6.07, 6.45) is 1.76. The molecule has 1 aromatic carbocycles. The number of amides is 5. The number of nitrogens with two attached hydrogens (primary N) is 1. The number of nitrogens with zero attached hydrogens (tertiary/aromatic N) is 3. The lowest BCUT2D eigenvalue weighted by molar-refractivity contribution is -0.136. The van der Waals surface area contributed by atoms with Crippen LogP contribution in [0, 0.1) is 0 Å². The van der Waals surface area contributed by atoms with Gasteiger partial charge in [-0.05, 0) is 24.6 Å². The number of aromatic nitrogens is 2. The summed E-state index contributed by atoms with van der Waals surface area (Å²) in [5.41, 5.74) is 6.53. The Hall–Kier alpha value is -4.02. The number of anilines is 1. The molecule has 0 aliphatic carbocycles. The summed E-state index contributed by atoms with van der Waals surface area (Å²) in [7, 11) is 0. The highest BCUT2D eigenvalue weighted by atomic mass is 16.2. The fraction of sp³-hybridized carbons (Fsp3) is 0.263. The van der Waals surface area contributed by atoms with Crippen LogP contribution in [0.2, 0.25) is 0 Å². The summed E-state index contributed by atoms with van der Waals surface area (Å²) in [4.78, 5) is 61.3. The molecule has 0 bridgehead atoms. The van der Waals surface area contributed by atoms with E-state index >= 15 is 0 Å². The van der Waals surface area contributed by atoms with Crippen molar-refractivity contribution in [1.82, 2.24) is 20.0 Å². The largest absolute Gasteiger partial charge is 0.379 e. The fourth-order valence-corrected chi connectivity index (χ4v) is 3.59. The molecule has 30 heavy (non-hydrogen) atoms. The van der Waals surface area contributed by atoms with Crippen molar-refractivity contribution in [3.8, 4) is 0 Å². The standard InChI is InChI=1S/C19H18N6O5/c20-14(26)9-24-7-6-10(23-24)8-21-12-3-1-2-11-16(12)19(30)25(18(11)29)13-4-5-15(27)22-17(13)28/h1-3,6-7,13,21H,4-5,8-9H2,(H2,20,26)(H,22,27,28). The minimum atomic E-state index is -1.02. The molecular formula is C19H18N6O5. The van der Waals surface area contributed by atoms with Gasteiger partial charge in [-0.25, -0.2) is 0 Å². The predicted molar refractivity (Wildman–Crippen MR) is 102 cm³/mol. The molecule has 0 spiro atoms. The van der Waals surface area contributed by atoms with E-state index in [9.17, 15) is 24.0 Å². The van der Waals surface area contributed by atoms with Crippen LogP contribution in [0.15, 0.2) is 30.5 Å². The van der Waals surface area contributed by atoms with Crippen LogP contribution in [-0.4, -0.2) is 50.3 Å². The lowest BCUT2D eigenvalue weighted by atomic mass is 10.0. The van der Waals surface area contributed by atoms with Crippen LogP contribution in [0.4, 0.5) is 5.69 Å². The van der Waals surface area contributed by atoms with Gasteiger partial charge in [0, 0.05) is 18.3 Å². The van der Waals surface area contributed by atoms with Crippen molar-refractivity contribution in [2.45, 2.75) is 32.0 Å². The zero-order valence-electron chi connectivity index (χ0n) is 15.8. The zero-order chi connectivity index (χ0) is 21.4. The maximum Gasteiger partial charge on any atom is 0.264 e. The molecule has 1 fully saturated rings. The van der Waals surface area contributed by atoms with Gasteiger partial charge in [0.25, 0.3) is 11.8 Å². The quantitative estimate of drug-likeness (QED) is 0.536. The van der Waals surface area contributed by atoms with E-state index in [1.807, 2.05) is 0 Å². The van der Waals surface area contributed by atoms with E-state index in [4.69, 9.17) is 5.73 Å². The third-order valence-electron chi connectivity index (χ3n) is 4.94. The molecule has 0 radical (unpaired) electrons. The van der Waals surface area contributed by atoms with E-state index in [0.717, 1.165) is 4.90 Å². The molecule has 2 aliphatic heterocycles. The van der Waals surface area contributed by atoms with Gasteiger partial charge in [0.2, 0.25) is 17.7 Å². The maximum absolute atomic E-state index is 13.0. The Morgan fingerprint density at radius 2 is 2.00 bits per heavy atom. The monoisotopic (exact) mass is 410 g/mol. The van der Waals surface area contributed by atoms with Gasteiger partial charge in [0.05, 0.1) is 23.4 Å². The van der Waals surface area contributed by atoms with E-state index in [1.165, 1.54) is 10.7 Å². The zero-order valence-corrected chi connectivity index (χ0v) is 15.8. The normalized spacial score (nSPS) is 18.4. The minimum absolute atomic E-state index is 0.0470. The first-order valence-corrected chi connectivity index (χ1v) is 9.24. The number of hydrogen-bond acceptors (Lipinski definition) is 7. The second-order valence-corrected chi connectivity index (χ2v) is 7.00. The first-order chi connectivity index (χ1) is 14.3. The summed E-state index contributed by atoms with van der Waals surface area (Å²) < 4.78 is 1.40. The topological polar surface area (TPSA) is 156 Å². The van der Waals surface area contributed by atoms with Crippen LogP contribution in [0.3, 0.4) is 0 Å². The van der Waals surface area contributed by atoms with E-state index < -0.39 is 35.6 Å². The van der Waals surface area contributed by atoms with Gasteiger partial charge in [-0.2, -0.15) is 5.10 Å². The third kappa shape index (κ3) is 3.41.